The standard InChI is InChI=1S/C17H19N5O4S/c1-10(16(23)19-11-6-7-12(24-2)14(9-11)25-3)27-17-21-20-15(22(17)18)13-5-4-8-26-13/h4-10H,18H2,1-3H3,(H,19,23)/t10-/m1/s1. The van der Waals surface area contributed by atoms with Crippen LogP contribution in [0.5, 0.6) is 11.5 Å². The molecule has 3 aromatic rings. The molecule has 3 N–H and O–H groups in total. The fourth-order valence-electron chi connectivity index (χ4n) is 2.30. The molecule has 27 heavy (non-hydrogen) atoms. The van der Waals surface area contributed by atoms with E-state index in [-0.39, 0.29) is 5.91 Å². The molecule has 0 aliphatic heterocycles. The molecule has 0 aliphatic carbocycles. The summed E-state index contributed by atoms with van der Waals surface area (Å²) in [5, 5.41) is 10.8. The van der Waals surface area contributed by atoms with Crippen molar-refractivity contribution in [1.82, 2.24) is 14.9 Å². The van der Waals surface area contributed by atoms with Crippen LogP contribution >= 0.6 is 11.8 Å². The number of aromatic nitrogens is 3. The Morgan fingerprint density at radius 3 is 2.70 bits per heavy atom. The van der Waals surface area contributed by atoms with E-state index in [1.807, 2.05) is 0 Å². The number of methoxy groups -OCH3 is 2. The Morgan fingerprint density at radius 1 is 1.26 bits per heavy atom. The van der Waals surface area contributed by atoms with Gasteiger partial charge in [0.05, 0.1) is 25.7 Å². The highest BCUT2D eigenvalue weighted by Crippen LogP contribution is 2.30. The molecule has 0 aliphatic rings. The van der Waals surface area contributed by atoms with E-state index in [9.17, 15) is 4.79 Å². The lowest BCUT2D eigenvalue weighted by Gasteiger charge is -2.13. The number of carbonyl (C=O) groups is 1. The molecule has 0 spiro atoms. The molecule has 0 fully saturated rings. The summed E-state index contributed by atoms with van der Waals surface area (Å²) >= 11 is 1.19. The minimum Gasteiger partial charge on any atom is -0.493 e. The Hall–Kier alpha value is -3.14. The summed E-state index contributed by atoms with van der Waals surface area (Å²) in [6.45, 7) is 1.75. The van der Waals surface area contributed by atoms with E-state index in [1.54, 1.807) is 44.4 Å². The number of ether oxygens (including phenoxy) is 2. The zero-order chi connectivity index (χ0) is 19.4. The van der Waals surface area contributed by atoms with Crippen LogP contribution in [0.2, 0.25) is 0 Å². The molecule has 1 atom stereocenters. The van der Waals surface area contributed by atoms with Crippen molar-refractivity contribution in [1.29, 1.82) is 0 Å². The van der Waals surface area contributed by atoms with E-state index in [4.69, 9.17) is 19.7 Å². The highest BCUT2D eigenvalue weighted by Gasteiger charge is 2.21. The molecular formula is C17H19N5O4S. The third-order valence-corrected chi connectivity index (χ3v) is 4.77. The van der Waals surface area contributed by atoms with Gasteiger partial charge in [-0.2, -0.15) is 0 Å². The molecular weight excluding hydrogens is 370 g/mol. The van der Waals surface area contributed by atoms with Gasteiger partial charge in [0, 0.05) is 11.8 Å². The van der Waals surface area contributed by atoms with Crippen molar-refractivity contribution in [3.05, 3.63) is 36.6 Å². The fourth-order valence-corrected chi connectivity index (χ4v) is 3.07. The molecule has 142 valence electrons. The van der Waals surface area contributed by atoms with Crippen molar-refractivity contribution in [2.45, 2.75) is 17.3 Å². The molecule has 0 radical (unpaired) electrons. The van der Waals surface area contributed by atoms with Gasteiger partial charge in [0.2, 0.25) is 16.9 Å². The van der Waals surface area contributed by atoms with E-state index >= 15 is 0 Å². The van der Waals surface area contributed by atoms with Gasteiger partial charge in [0.15, 0.2) is 17.3 Å². The van der Waals surface area contributed by atoms with Gasteiger partial charge in [-0.25, -0.2) is 4.68 Å². The quantitative estimate of drug-likeness (QED) is 0.467. The molecule has 0 saturated carbocycles. The second-order valence-corrected chi connectivity index (χ2v) is 6.78. The number of nitrogen functional groups attached to an aromatic ring is 1. The van der Waals surface area contributed by atoms with E-state index in [0.717, 1.165) is 0 Å². The number of amides is 1. The molecule has 10 heteroatoms. The zero-order valence-corrected chi connectivity index (χ0v) is 15.8. The van der Waals surface area contributed by atoms with Crippen LogP contribution in [0.25, 0.3) is 11.6 Å². The first-order valence-electron chi connectivity index (χ1n) is 7.97. The Kier molecular flexibility index (Phi) is 5.55. The Bertz CT molecular complexity index is 926. The monoisotopic (exact) mass is 389 g/mol. The number of nitrogens with one attached hydrogen (secondary N) is 1. The average Bonchev–Trinajstić information content (AvgIpc) is 3.32. The largest absolute Gasteiger partial charge is 0.493 e. The smallest absolute Gasteiger partial charge is 0.237 e. The molecule has 1 amide bonds. The second kappa shape index (κ2) is 8.04. The summed E-state index contributed by atoms with van der Waals surface area (Å²) in [4.78, 5) is 12.5. The highest BCUT2D eigenvalue weighted by atomic mass is 32.2. The number of hydrogen-bond acceptors (Lipinski definition) is 8. The minimum atomic E-state index is -0.464. The number of nitrogens with zero attached hydrogens (tertiary/aromatic N) is 3. The van der Waals surface area contributed by atoms with Gasteiger partial charge in [0.25, 0.3) is 0 Å². The number of benzene rings is 1. The SMILES string of the molecule is COc1ccc(NC(=O)[C@@H](C)Sc2nnc(-c3ccco3)n2N)cc1OC. The van der Waals surface area contributed by atoms with Crippen LogP contribution in [0, 0.1) is 0 Å². The molecule has 3 rings (SSSR count). The maximum atomic E-state index is 12.5. The van der Waals surface area contributed by atoms with Crippen LogP contribution < -0.4 is 20.6 Å². The van der Waals surface area contributed by atoms with Gasteiger partial charge in [-0.15, -0.1) is 10.2 Å². The van der Waals surface area contributed by atoms with Crippen LogP contribution in [0.3, 0.4) is 0 Å². The number of thioether (sulfide) groups is 1. The van der Waals surface area contributed by atoms with Crippen LogP contribution in [-0.2, 0) is 4.79 Å². The second-order valence-electron chi connectivity index (χ2n) is 5.47. The summed E-state index contributed by atoms with van der Waals surface area (Å²) in [6.07, 6.45) is 1.52. The number of anilines is 1. The van der Waals surface area contributed by atoms with E-state index in [2.05, 4.69) is 15.5 Å². The third kappa shape index (κ3) is 4.00. The maximum Gasteiger partial charge on any atom is 0.237 e. The van der Waals surface area contributed by atoms with Gasteiger partial charge in [-0.3, -0.25) is 4.79 Å². The first kappa shape index (κ1) is 18.6. The number of rotatable bonds is 7. The first-order valence-corrected chi connectivity index (χ1v) is 8.85. The van der Waals surface area contributed by atoms with Crippen molar-refractivity contribution < 1.29 is 18.7 Å². The Balaban J connectivity index is 1.68. The lowest BCUT2D eigenvalue weighted by molar-refractivity contribution is -0.115. The minimum absolute atomic E-state index is 0.213. The van der Waals surface area contributed by atoms with Crippen molar-refractivity contribution in [2.75, 3.05) is 25.4 Å². The number of carbonyl (C=O) groups excluding carboxylic acids is 1. The molecule has 0 saturated heterocycles. The summed E-state index contributed by atoms with van der Waals surface area (Å²) in [6, 6.07) is 8.61. The summed E-state index contributed by atoms with van der Waals surface area (Å²) in [5.41, 5.74) is 0.593. The predicted molar refractivity (Wildman–Crippen MR) is 101 cm³/mol. The molecule has 9 nitrogen and oxygen atoms in total. The molecule has 0 bridgehead atoms. The van der Waals surface area contributed by atoms with Crippen LogP contribution in [0.1, 0.15) is 6.92 Å². The van der Waals surface area contributed by atoms with Crippen molar-refractivity contribution >= 4 is 23.4 Å². The van der Waals surface area contributed by atoms with Gasteiger partial charge in [-0.05, 0) is 31.2 Å². The van der Waals surface area contributed by atoms with Gasteiger partial charge in [-0.1, -0.05) is 11.8 Å². The predicted octanol–water partition coefficient (Wildman–Crippen LogP) is 2.39. The summed E-state index contributed by atoms with van der Waals surface area (Å²) in [7, 11) is 3.08. The lowest BCUT2D eigenvalue weighted by atomic mass is 10.2. The normalized spacial score (nSPS) is 11.8. The summed E-state index contributed by atoms with van der Waals surface area (Å²) in [5.74, 6) is 7.80. The highest BCUT2D eigenvalue weighted by molar-refractivity contribution is 8.00. The molecule has 1 aromatic carbocycles. The van der Waals surface area contributed by atoms with E-state index in [0.29, 0.717) is 33.9 Å². The summed E-state index contributed by atoms with van der Waals surface area (Å²) < 4.78 is 17.0. The number of hydrogen-bond donors (Lipinski definition) is 2. The molecule has 2 aromatic heterocycles. The molecule has 2 heterocycles. The number of nitrogens with two attached hydrogens (primary N) is 1. The van der Waals surface area contributed by atoms with E-state index in [1.165, 1.54) is 29.8 Å². The number of furan rings is 1. The van der Waals surface area contributed by atoms with Gasteiger partial charge >= 0.3 is 0 Å². The van der Waals surface area contributed by atoms with E-state index < -0.39 is 5.25 Å². The third-order valence-electron chi connectivity index (χ3n) is 3.71. The van der Waals surface area contributed by atoms with Crippen molar-refractivity contribution in [2.24, 2.45) is 0 Å². The lowest BCUT2D eigenvalue weighted by Crippen LogP contribution is -2.23. The molecule has 0 unspecified atom stereocenters. The topological polar surface area (TPSA) is 117 Å². The van der Waals surface area contributed by atoms with Crippen LogP contribution in [-0.4, -0.2) is 40.3 Å². The zero-order valence-electron chi connectivity index (χ0n) is 15.0. The van der Waals surface area contributed by atoms with Gasteiger partial charge in [0.1, 0.15) is 0 Å². The van der Waals surface area contributed by atoms with Gasteiger partial charge < -0.3 is 25.1 Å². The van der Waals surface area contributed by atoms with Crippen molar-refractivity contribution in [3.63, 3.8) is 0 Å². The Labute approximate surface area is 159 Å². The average molecular weight is 389 g/mol. The Morgan fingerprint density at radius 2 is 2.04 bits per heavy atom. The van der Waals surface area contributed by atoms with Crippen LogP contribution in [0.15, 0.2) is 46.2 Å². The maximum absolute atomic E-state index is 12.5. The fraction of sp³-hybridized carbons (Fsp3) is 0.235. The van der Waals surface area contributed by atoms with Crippen LogP contribution in [0.4, 0.5) is 5.69 Å². The first-order chi connectivity index (χ1) is 13.0. The van der Waals surface area contributed by atoms with Crippen molar-refractivity contribution in [3.8, 4) is 23.1 Å².